The van der Waals surface area contributed by atoms with E-state index in [4.69, 9.17) is 4.74 Å². The van der Waals surface area contributed by atoms with Crippen LogP contribution in [0.2, 0.25) is 5.04 Å². The van der Waals surface area contributed by atoms with Gasteiger partial charge in [0.1, 0.15) is 6.61 Å². The third-order valence-electron chi connectivity index (χ3n) is 4.39. The summed E-state index contributed by atoms with van der Waals surface area (Å²) in [4.78, 5) is 0. The van der Waals surface area contributed by atoms with Crippen molar-refractivity contribution in [1.29, 1.82) is 0 Å². The van der Waals surface area contributed by atoms with Gasteiger partial charge in [-0.1, -0.05) is 87.4 Å². The lowest BCUT2D eigenvalue weighted by atomic mass is 10.2. The highest BCUT2D eigenvalue weighted by molar-refractivity contribution is 7.10. The Bertz CT molecular complexity index is 685. The van der Waals surface area contributed by atoms with Gasteiger partial charge in [0.25, 0.3) is 0 Å². The summed E-state index contributed by atoms with van der Waals surface area (Å²) < 4.78 is 5.86. The van der Waals surface area contributed by atoms with Crippen molar-refractivity contribution in [2.45, 2.75) is 52.2 Å². The van der Waals surface area contributed by atoms with Crippen molar-refractivity contribution < 1.29 is 4.74 Å². The Morgan fingerprint density at radius 3 is 1.56 bits per heavy atom. The molecule has 0 spiro atoms. The van der Waals surface area contributed by atoms with Crippen molar-refractivity contribution in [1.82, 2.24) is 0 Å². The number of benzene rings is 2. The third kappa shape index (κ3) is 4.63. The smallest absolute Gasteiger partial charge is 0.204 e. The lowest BCUT2D eigenvalue weighted by Crippen LogP contribution is -2.63. The lowest BCUT2D eigenvalue weighted by Gasteiger charge is -2.39. The van der Waals surface area contributed by atoms with Gasteiger partial charge in [0, 0.05) is 0 Å². The minimum atomic E-state index is -2.29. The predicted octanol–water partition coefficient (Wildman–Crippen LogP) is 4.41. The van der Waals surface area contributed by atoms with Gasteiger partial charge < -0.3 is 4.74 Å². The Labute approximate surface area is 154 Å². The Morgan fingerprint density at radius 2 is 1.20 bits per heavy atom. The fourth-order valence-corrected chi connectivity index (χ4v) is 7.61. The van der Waals surface area contributed by atoms with Crippen LogP contribution in [-0.4, -0.2) is 20.3 Å². The Hall–Kier alpha value is -1.82. The molecule has 0 bridgehead atoms. The summed E-state index contributed by atoms with van der Waals surface area (Å²) in [5, 5.41) is 2.78. The molecule has 0 aliphatic heterocycles. The molecule has 2 heteroatoms. The van der Waals surface area contributed by atoms with Crippen molar-refractivity contribution in [2.24, 2.45) is 0 Å². The summed E-state index contributed by atoms with van der Waals surface area (Å²) in [5.74, 6) is 3.38. The van der Waals surface area contributed by atoms with Crippen LogP contribution >= 0.6 is 0 Å². The molecule has 0 heterocycles. The summed E-state index contributed by atoms with van der Waals surface area (Å²) in [7, 11) is -2.29. The molecule has 25 heavy (non-hydrogen) atoms. The summed E-state index contributed by atoms with van der Waals surface area (Å²) in [6.45, 7) is 13.6. The van der Waals surface area contributed by atoms with Crippen LogP contribution < -0.4 is 10.4 Å². The molecule has 0 unspecified atom stereocenters. The van der Waals surface area contributed by atoms with E-state index in [9.17, 15) is 0 Å². The fraction of sp³-hybridized carbons (Fsp3) is 0.391. The second-order valence-electron chi connectivity index (χ2n) is 8.43. The van der Waals surface area contributed by atoms with Gasteiger partial charge in [-0.05, 0) is 36.2 Å². The van der Waals surface area contributed by atoms with Crippen molar-refractivity contribution in [3.8, 4) is 11.5 Å². The molecule has 0 aliphatic rings. The van der Waals surface area contributed by atoms with E-state index in [2.05, 4.69) is 114 Å². The SMILES string of the molecule is CC(C)(C)OCC#C[Si](c1ccccc1)(c1ccccc1)C(C)(C)C. The van der Waals surface area contributed by atoms with Crippen LogP contribution in [0.15, 0.2) is 60.7 Å². The molecule has 2 rings (SSSR count). The minimum absolute atomic E-state index is 0.0600. The molecular weight excluding hydrogens is 320 g/mol. The quantitative estimate of drug-likeness (QED) is 0.589. The lowest BCUT2D eigenvalue weighted by molar-refractivity contribution is 0.0181. The van der Waals surface area contributed by atoms with E-state index < -0.39 is 8.07 Å². The molecule has 132 valence electrons. The van der Waals surface area contributed by atoms with Gasteiger partial charge in [-0.15, -0.1) is 5.54 Å². The average molecular weight is 351 g/mol. The van der Waals surface area contributed by atoms with Gasteiger partial charge in [0.2, 0.25) is 8.07 Å². The largest absolute Gasteiger partial charge is 0.363 e. The van der Waals surface area contributed by atoms with Crippen molar-refractivity contribution in [3.63, 3.8) is 0 Å². The molecule has 0 atom stereocenters. The fourth-order valence-electron chi connectivity index (χ4n) is 3.16. The second-order valence-corrected chi connectivity index (χ2v) is 12.8. The van der Waals surface area contributed by atoms with Crippen LogP contribution in [0.3, 0.4) is 0 Å². The van der Waals surface area contributed by atoms with Crippen molar-refractivity contribution in [3.05, 3.63) is 60.7 Å². The molecule has 1 nitrogen and oxygen atoms in total. The first-order chi connectivity index (χ1) is 11.7. The van der Waals surface area contributed by atoms with E-state index >= 15 is 0 Å². The molecule has 0 saturated heterocycles. The normalized spacial score (nSPS) is 12.4. The Morgan fingerprint density at radius 1 is 0.760 bits per heavy atom. The highest BCUT2D eigenvalue weighted by Crippen LogP contribution is 2.35. The van der Waals surface area contributed by atoms with Gasteiger partial charge in [-0.3, -0.25) is 0 Å². The summed E-state index contributed by atoms with van der Waals surface area (Å²) in [6.07, 6.45) is 0. The number of ether oxygens (including phenoxy) is 1. The zero-order valence-corrected chi connectivity index (χ0v) is 17.4. The summed E-state index contributed by atoms with van der Waals surface area (Å²) in [5.41, 5.74) is 3.58. The van der Waals surface area contributed by atoms with Crippen molar-refractivity contribution in [2.75, 3.05) is 6.61 Å². The molecule has 0 fully saturated rings. The molecule has 0 saturated carbocycles. The van der Waals surface area contributed by atoms with Gasteiger partial charge in [0.15, 0.2) is 0 Å². The molecule has 0 amide bonds. The molecular formula is C23H30OSi. The highest BCUT2D eigenvalue weighted by atomic mass is 28.3. The van der Waals surface area contributed by atoms with Crippen LogP contribution in [0.5, 0.6) is 0 Å². The van der Waals surface area contributed by atoms with E-state index in [1.165, 1.54) is 10.4 Å². The molecule has 0 N–H and O–H groups in total. The molecule has 0 radical (unpaired) electrons. The number of hydrogen-bond acceptors (Lipinski definition) is 1. The Balaban J connectivity index is 2.60. The number of hydrogen-bond donors (Lipinski definition) is 0. The zero-order chi connectivity index (χ0) is 18.6. The standard InChI is InChI=1S/C23H30OSi/c1-22(2,3)24-18-13-19-25(23(4,5)6,20-14-9-7-10-15-20)21-16-11-8-12-17-21/h7-12,14-17H,18H2,1-6H3. The first kappa shape index (κ1) is 19.5. The minimum Gasteiger partial charge on any atom is -0.363 e. The van der Waals surface area contributed by atoms with E-state index in [0.717, 1.165) is 0 Å². The van der Waals surface area contributed by atoms with Crippen LogP contribution in [0, 0.1) is 11.5 Å². The van der Waals surface area contributed by atoms with Gasteiger partial charge >= 0.3 is 0 Å². The first-order valence-corrected chi connectivity index (χ1v) is 10.9. The predicted molar refractivity (Wildman–Crippen MR) is 111 cm³/mol. The van der Waals surface area contributed by atoms with Crippen LogP contribution in [0.4, 0.5) is 0 Å². The molecule has 2 aromatic carbocycles. The van der Waals surface area contributed by atoms with E-state index in [-0.39, 0.29) is 10.6 Å². The van der Waals surface area contributed by atoms with Gasteiger partial charge in [-0.25, -0.2) is 0 Å². The monoisotopic (exact) mass is 350 g/mol. The third-order valence-corrected chi connectivity index (χ3v) is 9.59. The number of rotatable bonds is 3. The highest BCUT2D eigenvalue weighted by Gasteiger charge is 2.46. The molecule has 0 aromatic heterocycles. The second kappa shape index (κ2) is 7.60. The van der Waals surface area contributed by atoms with Crippen LogP contribution in [0.25, 0.3) is 0 Å². The van der Waals surface area contributed by atoms with E-state index in [1.807, 2.05) is 0 Å². The Kier molecular flexibility index (Phi) is 5.93. The maximum Gasteiger partial charge on any atom is 0.204 e. The maximum atomic E-state index is 5.86. The summed E-state index contributed by atoms with van der Waals surface area (Å²) >= 11 is 0. The topological polar surface area (TPSA) is 9.23 Å². The average Bonchev–Trinajstić information content (AvgIpc) is 2.54. The zero-order valence-electron chi connectivity index (χ0n) is 16.4. The summed E-state index contributed by atoms with van der Waals surface area (Å²) in [6, 6.07) is 21.6. The van der Waals surface area contributed by atoms with Crippen LogP contribution in [-0.2, 0) is 4.74 Å². The maximum absolute atomic E-state index is 5.86. The molecule has 2 aromatic rings. The first-order valence-electron chi connectivity index (χ1n) is 8.92. The van der Waals surface area contributed by atoms with Crippen LogP contribution in [0.1, 0.15) is 41.5 Å². The van der Waals surface area contributed by atoms with Crippen molar-refractivity contribution >= 4 is 18.4 Å². The van der Waals surface area contributed by atoms with Gasteiger partial charge in [-0.2, -0.15) is 0 Å². The van der Waals surface area contributed by atoms with E-state index in [0.29, 0.717) is 6.61 Å². The molecule has 0 aliphatic carbocycles. The van der Waals surface area contributed by atoms with E-state index in [1.54, 1.807) is 0 Å². The van der Waals surface area contributed by atoms with Gasteiger partial charge in [0.05, 0.1) is 5.60 Å².